The molecule has 0 radical (unpaired) electrons. The quantitative estimate of drug-likeness (QED) is 0.619. The molecule has 1 aromatic rings. The van der Waals surface area contributed by atoms with E-state index >= 15 is 0 Å². The Kier molecular flexibility index (Phi) is 3.55. The molecule has 1 fully saturated rings. The third kappa shape index (κ3) is 2.59. The largest absolute Gasteiger partial charge is 0.339 e. The van der Waals surface area contributed by atoms with E-state index in [0.717, 1.165) is 12.8 Å². The molecule has 2 rings (SSSR count). The normalized spacial score (nSPS) is 15.9. The van der Waals surface area contributed by atoms with Gasteiger partial charge in [0.05, 0.1) is 4.92 Å². The summed E-state index contributed by atoms with van der Waals surface area (Å²) in [5.74, 6) is 0.438. The molecule has 1 aliphatic carbocycles. The van der Waals surface area contributed by atoms with Crippen molar-refractivity contribution < 1.29 is 9.72 Å². The van der Waals surface area contributed by atoms with Crippen molar-refractivity contribution in [2.75, 3.05) is 7.05 Å². The molecule has 0 spiro atoms. The first kappa shape index (κ1) is 13.5. The Morgan fingerprint density at radius 3 is 2.63 bits per heavy atom. The van der Waals surface area contributed by atoms with Crippen LogP contribution in [0.4, 0.5) is 5.69 Å². The number of rotatable bonds is 4. The van der Waals surface area contributed by atoms with Gasteiger partial charge in [-0.15, -0.1) is 0 Å². The molecule has 19 heavy (non-hydrogen) atoms. The second kappa shape index (κ2) is 4.99. The van der Waals surface area contributed by atoms with E-state index in [1.165, 1.54) is 6.07 Å². The summed E-state index contributed by atoms with van der Waals surface area (Å²) in [4.78, 5) is 24.6. The molecule has 0 N–H and O–H groups in total. The van der Waals surface area contributed by atoms with Gasteiger partial charge in [-0.1, -0.05) is 6.07 Å². The molecule has 0 aromatic heterocycles. The first-order valence-corrected chi connectivity index (χ1v) is 6.44. The summed E-state index contributed by atoms with van der Waals surface area (Å²) < 4.78 is 0. The first-order chi connectivity index (χ1) is 8.93. The van der Waals surface area contributed by atoms with Crippen LogP contribution in [0.1, 0.15) is 35.7 Å². The number of nitrogens with zero attached hydrogens (tertiary/aromatic N) is 2. The lowest BCUT2D eigenvalue weighted by atomic mass is 10.0. The van der Waals surface area contributed by atoms with E-state index < -0.39 is 4.92 Å². The summed E-state index contributed by atoms with van der Waals surface area (Å²) in [5.41, 5.74) is 0.856. The molecule has 1 atom stereocenters. The van der Waals surface area contributed by atoms with Crippen molar-refractivity contribution in [2.45, 2.75) is 32.7 Å². The minimum Gasteiger partial charge on any atom is -0.339 e. The predicted molar refractivity (Wildman–Crippen MR) is 72.1 cm³/mol. The smallest absolute Gasteiger partial charge is 0.273 e. The lowest BCUT2D eigenvalue weighted by Crippen LogP contribution is -2.36. The van der Waals surface area contributed by atoms with Gasteiger partial charge in [0.25, 0.3) is 11.6 Å². The highest BCUT2D eigenvalue weighted by molar-refractivity contribution is 5.96. The zero-order valence-corrected chi connectivity index (χ0v) is 11.4. The summed E-state index contributed by atoms with van der Waals surface area (Å²) in [5, 5.41) is 10.9. The van der Waals surface area contributed by atoms with Crippen molar-refractivity contribution >= 4 is 11.6 Å². The second-order valence-corrected chi connectivity index (χ2v) is 5.20. The third-order valence-corrected chi connectivity index (χ3v) is 3.97. The van der Waals surface area contributed by atoms with Crippen molar-refractivity contribution in [3.63, 3.8) is 0 Å². The standard InChI is InChI=1S/C14H18N2O3/c1-9-12(5-4-6-13(9)16(18)19)14(17)15(3)10(2)11-7-8-11/h4-6,10-11H,7-8H2,1-3H3. The topological polar surface area (TPSA) is 63.5 Å². The lowest BCUT2D eigenvalue weighted by Gasteiger charge is -2.25. The zero-order chi connectivity index (χ0) is 14.2. The van der Waals surface area contributed by atoms with Gasteiger partial charge in [-0.05, 0) is 38.7 Å². The Hall–Kier alpha value is -1.91. The van der Waals surface area contributed by atoms with E-state index in [0.29, 0.717) is 17.0 Å². The number of nitro benzene ring substituents is 1. The number of carbonyl (C=O) groups excluding carboxylic acids is 1. The maximum atomic E-state index is 12.4. The van der Waals surface area contributed by atoms with Gasteiger partial charge in [0.15, 0.2) is 0 Å². The fourth-order valence-corrected chi connectivity index (χ4v) is 2.32. The molecule has 1 aromatic carbocycles. The molecule has 1 saturated carbocycles. The minimum atomic E-state index is -0.448. The number of carbonyl (C=O) groups is 1. The van der Waals surface area contributed by atoms with E-state index in [9.17, 15) is 14.9 Å². The maximum absolute atomic E-state index is 12.4. The highest BCUT2D eigenvalue weighted by atomic mass is 16.6. The highest BCUT2D eigenvalue weighted by Crippen LogP contribution is 2.35. The van der Waals surface area contributed by atoms with E-state index in [-0.39, 0.29) is 17.6 Å². The van der Waals surface area contributed by atoms with Gasteiger partial charge in [0.1, 0.15) is 0 Å². The maximum Gasteiger partial charge on any atom is 0.273 e. The SMILES string of the molecule is Cc1c(C(=O)N(C)C(C)C2CC2)cccc1[N+](=O)[O-]. The van der Waals surface area contributed by atoms with E-state index in [4.69, 9.17) is 0 Å². The Labute approximate surface area is 112 Å². The van der Waals surface area contributed by atoms with Gasteiger partial charge in [0, 0.05) is 30.3 Å². The molecule has 0 heterocycles. The Balaban J connectivity index is 2.28. The van der Waals surface area contributed by atoms with Crippen LogP contribution >= 0.6 is 0 Å². The third-order valence-electron chi connectivity index (χ3n) is 3.97. The second-order valence-electron chi connectivity index (χ2n) is 5.20. The van der Waals surface area contributed by atoms with Crippen LogP contribution in [0, 0.1) is 23.0 Å². The number of hydrogen-bond donors (Lipinski definition) is 0. The monoisotopic (exact) mass is 262 g/mol. The zero-order valence-electron chi connectivity index (χ0n) is 11.4. The molecule has 1 aliphatic rings. The molecule has 5 heteroatoms. The average molecular weight is 262 g/mol. The molecule has 0 bridgehead atoms. The van der Waals surface area contributed by atoms with Crippen LogP contribution in [0.5, 0.6) is 0 Å². The molecule has 5 nitrogen and oxygen atoms in total. The van der Waals surface area contributed by atoms with Crippen LogP contribution in [-0.2, 0) is 0 Å². The molecule has 102 valence electrons. The average Bonchev–Trinajstić information content (AvgIpc) is 3.20. The van der Waals surface area contributed by atoms with E-state index in [1.807, 2.05) is 6.92 Å². The van der Waals surface area contributed by atoms with E-state index in [2.05, 4.69) is 0 Å². The molecule has 0 saturated heterocycles. The summed E-state index contributed by atoms with van der Waals surface area (Å²) in [6, 6.07) is 4.83. The number of benzene rings is 1. The highest BCUT2D eigenvalue weighted by Gasteiger charge is 2.33. The van der Waals surface area contributed by atoms with Crippen LogP contribution in [-0.4, -0.2) is 28.8 Å². The van der Waals surface area contributed by atoms with Crippen LogP contribution in [0.15, 0.2) is 18.2 Å². The molecular weight excluding hydrogens is 244 g/mol. The van der Waals surface area contributed by atoms with Crippen molar-refractivity contribution in [1.82, 2.24) is 4.90 Å². The Bertz CT molecular complexity index is 523. The molecular formula is C14H18N2O3. The van der Waals surface area contributed by atoms with Gasteiger partial charge >= 0.3 is 0 Å². The van der Waals surface area contributed by atoms with Crippen molar-refractivity contribution in [1.29, 1.82) is 0 Å². The fraction of sp³-hybridized carbons (Fsp3) is 0.500. The number of nitro groups is 1. The van der Waals surface area contributed by atoms with Gasteiger partial charge in [-0.2, -0.15) is 0 Å². The number of amides is 1. The van der Waals surface area contributed by atoms with Crippen LogP contribution in [0.3, 0.4) is 0 Å². The first-order valence-electron chi connectivity index (χ1n) is 6.44. The van der Waals surface area contributed by atoms with Gasteiger partial charge in [-0.25, -0.2) is 0 Å². The molecule has 1 amide bonds. The summed E-state index contributed by atoms with van der Waals surface area (Å²) >= 11 is 0. The number of hydrogen-bond acceptors (Lipinski definition) is 3. The van der Waals surface area contributed by atoms with Crippen molar-refractivity contribution in [3.05, 3.63) is 39.4 Å². The Morgan fingerprint density at radius 2 is 2.11 bits per heavy atom. The van der Waals surface area contributed by atoms with Gasteiger partial charge in [0.2, 0.25) is 0 Å². The van der Waals surface area contributed by atoms with Crippen molar-refractivity contribution in [3.8, 4) is 0 Å². The van der Waals surface area contributed by atoms with E-state index in [1.54, 1.807) is 31.0 Å². The predicted octanol–water partition coefficient (Wildman–Crippen LogP) is 2.77. The van der Waals surface area contributed by atoms with Crippen molar-refractivity contribution in [2.24, 2.45) is 5.92 Å². The summed E-state index contributed by atoms with van der Waals surface area (Å²) in [6.07, 6.45) is 2.32. The minimum absolute atomic E-state index is 0.00155. The van der Waals surface area contributed by atoms with Crippen LogP contribution in [0.2, 0.25) is 0 Å². The van der Waals surface area contributed by atoms with Crippen LogP contribution in [0.25, 0.3) is 0 Å². The fourth-order valence-electron chi connectivity index (χ4n) is 2.32. The van der Waals surface area contributed by atoms with Gasteiger partial charge < -0.3 is 4.90 Å². The van der Waals surface area contributed by atoms with Gasteiger partial charge in [-0.3, -0.25) is 14.9 Å². The summed E-state index contributed by atoms with van der Waals surface area (Å²) in [7, 11) is 1.77. The Morgan fingerprint density at radius 1 is 1.47 bits per heavy atom. The molecule has 1 unspecified atom stereocenters. The lowest BCUT2D eigenvalue weighted by molar-refractivity contribution is -0.385. The summed E-state index contributed by atoms with van der Waals surface area (Å²) in [6.45, 7) is 3.66. The molecule has 0 aliphatic heterocycles. The van der Waals surface area contributed by atoms with Crippen LogP contribution < -0.4 is 0 Å².